The van der Waals surface area contributed by atoms with Gasteiger partial charge in [-0.1, -0.05) is 23.7 Å². The van der Waals surface area contributed by atoms with Crippen molar-refractivity contribution in [2.45, 2.75) is 6.92 Å². The molecule has 0 saturated heterocycles. The van der Waals surface area contributed by atoms with Crippen LogP contribution in [0.25, 0.3) is 5.57 Å². The highest BCUT2D eigenvalue weighted by atomic mass is 35.5. The van der Waals surface area contributed by atoms with Crippen molar-refractivity contribution in [3.63, 3.8) is 0 Å². The van der Waals surface area contributed by atoms with E-state index in [2.05, 4.69) is 10.6 Å². The Bertz CT molecular complexity index is 835. The summed E-state index contributed by atoms with van der Waals surface area (Å²) >= 11 is 5.65. The van der Waals surface area contributed by atoms with E-state index in [0.717, 1.165) is 23.0 Å². The van der Waals surface area contributed by atoms with Crippen LogP contribution in [0, 0.1) is 5.82 Å². The molecule has 0 radical (unpaired) electrons. The van der Waals surface area contributed by atoms with Crippen LogP contribution >= 0.6 is 11.6 Å². The first kappa shape index (κ1) is 19.5. The van der Waals surface area contributed by atoms with Crippen molar-refractivity contribution >= 4 is 34.7 Å². The second kappa shape index (κ2) is 9.01. The van der Waals surface area contributed by atoms with E-state index in [1.807, 2.05) is 12.1 Å². The SMILES string of the molecule is COc1ccc(/C(C)=C/C(=O)NCC(=O)Nc2ccc(F)c(Cl)c2)cc1. The number of rotatable bonds is 6. The Labute approximate surface area is 155 Å². The topological polar surface area (TPSA) is 67.4 Å². The van der Waals surface area contributed by atoms with Crippen molar-refractivity contribution in [3.8, 4) is 5.75 Å². The van der Waals surface area contributed by atoms with E-state index in [1.54, 1.807) is 26.2 Å². The van der Waals surface area contributed by atoms with Crippen LogP contribution in [-0.4, -0.2) is 25.5 Å². The third-order valence-electron chi connectivity index (χ3n) is 3.52. The maximum atomic E-state index is 13.1. The van der Waals surface area contributed by atoms with Gasteiger partial charge in [0.15, 0.2) is 0 Å². The van der Waals surface area contributed by atoms with Crippen LogP contribution in [0.1, 0.15) is 12.5 Å². The van der Waals surface area contributed by atoms with Gasteiger partial charge in [0.1, 0.15) is 11.6 Å². The molecule has 0 heterocycles. The molecule has 5 nitrogen and oxygen atoms in total. The van der Waals surface area contributed by atoms with Gasteiger partial charge in [0, 0.05) is 11.8 Å². The van der Waals surface area contributed by atoms with E-state index in [0.29, 0.717) is 5.69 Å². The van der Waals surface area contributed by atoms with Crippen molar-refractivity contribution in [2.75, 3.05) is 19.0 Å². The molecular weight excluding hydrogens is 359 g/mol. The number of hydrogen-bond donors (Lipinski definition) is 2. The fourth-order valence-electron chi connectivity index (χ4n) is 2.13. The number of amides is 2. The Balaban J connectivity index is 1.88. The molecule has 0 unspecified atom stereocenters. The molecule has 0 aliphatic carbocycles. The molecule has 2 amide bonds. The molecule has 0 spiro atoms. The van der Waals surface area contributed by atoms with Crippen molar-refractivity contribution in [1.29, 1.82) is 0 Å². The van der Waals surface area contributed by atoms with Gasteiger partial charge in [-0.05, 0) is 48.4 Å². The van der Waals surface area contributed by atoms with Gasteiger partial charge < -0.3 is 15.4 Å². The van der Waals surface area contributed by atoms with Crippen LogP contribution < -0.4 is 15.4 Å². The maximum Gasteiger partial charge on any atom is 0.244 e. The second-order valence-corrected chi connectivity index (χ2v) is 5.86. The van der Waals surface area contributed by atoms with Crippen molar-refractivity contribution in [3.05, 3.63) is 64.9 Å². The van der Waals surface area contributed by atoms with Gasteiger partial charge in [-0.25, -0.2) is 4.39 Å². The molecule has 0 saturated carbocycles. The maximum absolute atomic E-state index is 13.1. The van der Waals surface area contributed by atoms with Gasteiger partial charge in [-0.2, -0.15) is 0 Å². The summed E-state index contributed by atoms with van der Waals surface area (Å²) < 4.78 is 18.2. The molecule has 0 aromatic heterocycles. The van der Waals surface area contributed by atoms with E-state index >= 15 is 0 Å². The minimum atomic E-state index is -0.572. The largest absolute Gasteiger partial charge is 0.497 e. The summed E-state index contributed by atoms with van der Waals surface area (Å²) in [5.74, 6) is -0.692. The van der Waals surface area contributed by atoms with E-state index in [4.69, 9.17) is 16.3 Å². The number of halogens is 2. The number of anilines is 1. The van der Waals surface area contributed by atoms with Crippen molar-refractivity contribution < 1.29 is 18.7 Å². The minimum absolute atomic E-state index is 0.0927. The van der Waals surface area contributed by atoms with E-state index in [1.165, 1.54) is 18.2 Å². The summed E-state index contributed by atoms with van der Waals surface area (Å²) in [6.07, 6.45) is 1.41. The van der Waals surface area contributed by atoms with Crippen LogP contribution in [0.3, 0.4) is 0 Å². The van der Waals surface area contributed by atoms with Gasteiger partial charge in [-0.3, -0.25) is 9.59 Å². The van der Waals surface area contributed by atoms with Crippen LogP contribution in [0.4, 0.5) is 10.1 Å². The predicted octanol–water partition coefficient (Wildman–Crippen LogP) is 3.65. The van der Waals surface area contributed by atoms with Crippen LogP contribution in [0.5, 0.6) is 5.75 Å². The molecule has 2 aromatic rings. The molecule has 0 aliphatic rings. The molecule has 26 heavy (non-hydrogen) atoms. The zero-order valence-electron chi connectivity index (χ0n) is 14.3. The summed E-state index contributed by atoms with van der Waals surface area (Å²) in [4.78, 5) is 23.8. The molecule has 2 rings (SSSR count). The van der Waals surface area contributed by atoms with Crippen molar-refractivity contribution in [1.82, 2.24) is 5.32 Å². The van der Waals surface area contributed by atoms with Gasteiger partial charge in [-0.15, -0.1) is 0 Å². The number of ether oxygens (including phenoxy) is 1. The Hall–Kier alpha value is -2.86. The minimum Gasteiger partial charge on any atom is -0.497 e. The fourth-order valence-corrected chi connectivity index (χ4v) is 2.31. The summed E-state index contributed by atoms with van der Waals surface area (Å²) in [6.45, 7) is 1.57. The summed E-state index contributed by atoms with van der Waals surface area (Å²) in [5, 5.41) is 4.92. The Morgan fingerprint density at radius 3 is 2.50 bits per heavy atom. The lowest BCUT2D eigenvalue weighted by molar-refractivity contribution is -0.121. The number of methoxy groups -OCH3 is 1. The highest BCUT2D eigenvalue weighted by Crippen LogP contribution is 2.19. The molecule has 2 aromatic carbocycles. The lowest BCUT2D eigenvalue weighted by Crippen LogP contribution is -2.31. The average molecular weight is 377 g/mol. The molecule has 0 bridgehead atoms. The number of benzene rings is 2. The molecule has 136 valence electrons. The first-order valence-electron chi connectivity index (χ1n) is 7.74. The number of carbonyl (C=O) groups excluding carboxylic acids is 2. The Kier molecular flexibility index (Phi) is 6.74. The predicted molar refractivity (Wildman–Crippen MR) is 99.7 cm³/mol. The number of carbonyl (C=O) groups is 2. The second-order valence-electron chi connectivity index (χ2n) is 5.45. The van der Waals surface area contributed by atoms with Gasteiger partial charge in [0.05, 0.1) is 18.7 Å². The molecule has 0 aliphatic heterocycles. The van der Waals surface area contributed by atoms with Crippen LogP contribution in [-0.2, 0) is 9.59 Å². The molecule has 2 N–H and O–H groups in total. The fraction of sp³-hybridized carbons (Fsp3) is 0.158. The standard InChI is InChI=1S/C19H18ClFN2O3/c1-12(13-3-6-15(26-2)7-4-13)9-18(24)22-11-19(25)23-14-5-8-17(21)16(20)10-14/h3-10H,11H2,1-2H3,(H,22,24)(H,23,25)/b12-9+. The third kappa shape index (κ3) is 5.60. The van der Waals surface area contributed by atoms with Crippen LogP contribution in [0.15, 0.2) is 48.5 Å². The lowest BCUT2D eigenvalue weighted by atomic mass is 10.1. The van der Waals surface area contributed by atoms with Gasteiger partial charge >= 0.3 is 0 Å². The van der Waals surface area contributed by atoms with Crippen LogP contribution in [0.2, 0.25) is 5.02 Å². The van der Waals surface area contributed by atoms with E-state index in [9.17, 15) is 14.0 Å². The van der Waals surface area contributed by atoms with E-state index < -0.39 is 17.6 Å². The zero-order chi connectivity index (χ0) is 19.1. The number of hydrogen-bond acceptors (Lipinski definition) is 3. The van der Waals surface area contributed by atoms with Gasteiger partial charge in [0.25, 0.3) is 0 Å². The molecule has 0 atom stereocenters. The molecule has 0 fully saturated rings. The average Bonchev–Trinajstić information content (AvgIpc) is 2.63. The van der Waals surface area contributed by atoms with E-state index in [-0.39, 0.29) is 11.6 Å². The third-order valence-corrected chi connectivity index (χ3v) is 3.81. The zero-order valence-corrected chi connectivity index (χ0v) is 15.1. The van der Waals surface area contributed by atoms with Gasteiger partial charge in [0.2, 0.25) is 11.8 Å². The van der Waals surface area contributed by atoms with Crippen molar-refractivity contribution in [2.24, 2.45) is 0 Å². The summed E-state index contributed by atoms with van der Waals surface area (Å²) in [6, 6.07) is 11.1. The highest BCUT2D eigenvalue weighted by Gasteiger charge is 2.07. The lowest BCUT2D eigenvalue weighted by Gasteiger charge is -2.07. The monoisotopic (exact) mass is 376 g/mol. The highest BCUT2D eigenvalue weighted by molar-refractivity contribution is 6.31. The quantitative estimate of drug-likeness (QED) is 0.756. The molecule has 7 heteroatoms. The summed E-state index contributed by atoms with van der Waals surface area (Å²) in [5.41, 5.74) is 1.96. The smallest absolute Gasteiger partial charge is 0.244 e. The normalized spacial score (nSPS) is 11.0. The number of allylic oxidation sites excluding steroid dienone is 1. The molecular formula is C19H18ClFN2O3. The Morgan fingerprint density at radius 2 is 1.88 bits per heavy atom. The number of nitrogens with one attached hydrogen (secondary N) is 2. The first-order chi connectivity index (χ1) is 12.4. The first-order valence-corrected chi connectivity index (χ1v) is 8.12. The summed E-state index contributed by atoms with van der Waals surface area (Å²) in [7, 11) is 1.58. The Morgan fingerprint density at radius 1 is 1.19 bits per heavy atom.